The maximum absolute atomic E-state index is 12.2. The maximum Gasteiger partial charge on any atom is 0.106 e. The summed E-state index contributed by atoms with van der Waals surface area (Å²) < 4.78 is 12.2. The third-order valence-corrected chi connectivity index (χ3v) is 2.36. The molecule has 0 heterocycles. The second kappa shape index (κ2) is 5.07. The standard InChI is InChI=1S/C10H13ClFN/c1-8(7-12)10(11)13-9-5-3-2-4-6-9/h2-6,8,10,13H,7H2,1H3. The SMILES string of the molecule is CC(CF)C(Cl)Nc1ccccc1. The molecule has 0 bridgehead atoms. The van der Waals surface area contributed by atoms with Gasteiger partial charge in [-0.3, -0.25) is 4.39 Å². The monoisotopic (exact) mass is 201 g/mol. The molecule has 1 rings (SSSR count). The first-order valence-electron chi connectivity index (χ1n) is 4.25. The largest absolute Gasteiger partial charge is 0.369 e. The molecule has 2 unspecified atom stereocenters. The van der Waals surface area contributed by atoms with Crippen LogP contribution >= 0.6 is 11.6 Å². The van der Waals surface area contributed by atoms with Crippen molar-refractivity contribution in [2.75, 3.05) is 12.0 Å². The van der Waals surface area contributed by atoms with Crippen LogP contribution in [-0.2, 0) is 0 Å². The van der Waals surface area contributed by atoms with Crippen molar-refractivity contribution in [1.29, 1.82) is 0 Å². The third kappa shape index (κ3) is 3.23. The molecule has 0 aliphatic rings. The van der Waals surface area contributed by atoms with Crippen molar-refractivity contribution in [3.05, 3.63) is 30.3 Å². The molecule has 13 heavy (non-hydrogen) atoms. The summed E-state index contributed by atoms with van der Waals surface area (Å²) in [7, 11) is 0. The van der Waals surface area contributed by atoms with E-state index in [0.29, 0.717) is 0 Å². The van der Waals surface area contributed by atoms with Crippen LogP contribution < -0.4 is 5.32 Å². The van der Waals surface area contributed by atoms with Crippen LogP contribution in [0.4, 0.5) is 10.1 Å². The first-order chi connectivity index (χ1) is 6.24. The Bertz CT molecular complexity index is 240. The fourth-order valence-electron chi connectivity index (χ4n) is 0.914. The number of benzene rings is 1. The van der Waals surface area contributed by atoms with Gasteiger partial charge in [-0.1, -0.05) is 36.7 Å². The Kier molecular flexibility index (Phi) is 4.03. The molecule has 1 aromatic carbocycles. The van der Waals surface area contributed by atoms with Gasteiger partial charge in [-0.05, 0) is 12.1 Å². The summed E-state index contributed by atoms with van der Waals surface area (Å²) in [5.41, 5.74) is 0.565. The van der Waals surface area contributed by atoms with E-state index in [1.165, 1.54) is 0 Å². The molecule has 2 atom stereocenters. The van der Waals surface area contributed by atoms with E-state index >= 15 is 0 Å². The highest BCUT2D eigenvalue weighted by Crippen LogP contribution is 2.15. The number of hydrogen-bond acceptors (Lipinski definition) is 1. The van der Waals surface area contributed by atoms with Crippen LogP contribution in [0.25, 0.3) is 0 Å². The van der Waals surface area contributed by atoms with Crippen molar-refractivity contribution >= 4 is 17.3 Å². The van der Waals surface area contributed by atoms with Crippen LogP contribution in [0, 0.1) is 5.92 Å². The topological polar surface area (TPSA) is 12.0 Å². The fourth-order valence-corrected chi connectivity index (χ4v) is 1.11. The smallest absolute Gasteiger partial charge is 0.106 e. The zero-order chi connectivity index (χ0) is 9.68. The number of hydrogen-bond donors (Lipinski definition) is 1. The zero-order valence-electron chi connectivity index (χ0n) is 7.50. The highest BCUT2D eigenvalue weighted by Gasteiger charge is 2.12. The van der Waals surface area contributed by atoms with Gasteiger partial charge >= 0.3 is 0 Å². The number of rotatable bonds is 4. The summed E-state index contributed by atoms with van der Waals surface area (Å²) in [6, 6.07) is 9.55. The average Bonchev–Trinajstić information content (AvgIpc) is 2.18. The average molecular weight is 202 g/mol. The van der Waals surface area contributed by atoms with Gasteiger partial charge in [-0.2, -0.15) is 0 Å². The molecule has 0 saturated carbocycles. The lowest BCUT2D eigenvalue weighted by Crippen LogP contribution is -2.22. The summed E-state index contributed by atoms with van der Waals surface area (Å²) in [5, 5.41) is 3.02. The molecule has 0 aromatic heterocycles. The summed E-state index contributed by atoms with van der Waals surface area (Å²) in [6.45, 7) is 1.36. The normalized spacial score (nSPS) is 15.0. The second-order valence-corrected chi connectivity index (χ2v) is 3.51. The molecular weight excluding hydrogens is 189 g/mol. The van der Waals surface area contributed by atoms with Gasteiger partial charge in [0.15, 0.2) is 0 Å². The second-order valence-electron chi connectivity index (χ2n) is 3.04. The van der Waals surface area contributed by atoms with Crippen molar-refractivity contribution in [2.24, 2.45) is 5.92 Å². The minimum Gasteiger partial charge on any atom is -0.369 e. The van der Waals surface area contributed by atoms with Crippen LogP contribution in [0.15, 0.2) is 30.3 Å². The van der Waals surface area contributed by atoms with Crippen LogP contribution in [0.5, 0.6) is 0 Å². The predicted molar refractivity (Wildman–Crippen MR) is 54.8 cm³/mol. The molecule has 0 amide bonds. The van der Waals surface area contributed by atoms with E-state index in [-0.39, 0.29) is 11.4 Å². The van der Waals surface area contributed by atoms with Gasteiger partial charge in [0.05, 0.1) is 6.67 Å². The van der Waals surface area contributed by atoms with Gasteiger partial charge in [-0.25, -0.2) is 0 Å². The Balaban J connectivity index is 2.50. The fraction of sp³-hybridized carbons (Fsp3) is 0.400. The highest BCUT2D eigenvalue weighted by atomic mass is 35.5. The van der Waals surface area contributed by atoms with E-state index in [4.69, 9.17) is 11.6 Å². The van der Waals surface area contributed by atoms with Gasteiger partial charge in [0, 0.05) is 11.6 Å². The van der Waals surface area contributed by atoms with Crippen molar-refractivity contribution in [2.45, 2.75) is 12.4 Å². The Labute approximate surface area is 82.9 Å². The van der Waals surface area contributed by atoms with Crippen LogP contribution in [-0.4, -0.2) is 12.2 Å². The number of nitrogens with one attached hydrogen (secondary N) is 1. The van der Waals surface area contributed by atoms with Crippen LogP contribution in [0.2, 0.25) is 0 Å². The van der Waals surface area contributed by atoms with E-state index in [2.05, 4.69) is 5.32 Å². The van der Waals surface area contributed by atoms with Crippen molar-refractivity contribution in [1.82, 2.24) is 0 Å². The quantitative estimate of drug-likeness (QED) is 0.583. The van der Waals surface area contributed by atoms with Crippen LogP contribution in [0.1, 0.15) is 6.92 Å². The van der Waals surface area contributed by atoms with Crippen molar-refractivity contribution in [3.8, 4) is 0 Å². The Morgan fingerprint density at radius 2 is 2.00 bits per heavy atom. The Hall–Kier alpha value is -0.760. The number of alkyl halides is 2. The molecule has 1 aromatic rings. The van der Waals surface area contributed by atoms with Crippen molar-refractivity contribution in [3.63, 3.8) is 0 Å². The minimum absolute atomic E-state index is 0.179. The van der Waals surface area contributed by atoms with E-state index in [1.807, 2.05) is 30.3 Å². The third-order valence-electron chi connectivity index (χ3n) is 1.82. The summed E-state index contributed by atoms with van der Waals surface area (Å²) >= 11 is 5.91. The lowest BCUT2D eigenvalue weighted by Gasteiger charge is -2.17. The van der Waals surface area contributed by atoms with E-state index in [9.17, 15) is 4.39 Å². The number of anilines is 1. The molecule has 1 N–H and O–H groups in total. The number of halogens is 2. The van der Waals surface area contributed by atoms with E-state index < -0.39 is 6.67 Å². The number of para-hydroxylation sites is 1. The highest BCUT2D eigenvalue weighted by molar-refractivity contribution is 6.21. The molecule has 1 nitrogen and oxygen atoms in total. The lowest BCUT2D eigenvalue weighted by molar-refractivity contribution is 0.382. The van der Waals surface area contributed by atoms with Gasteiger partial charge in [0.25, 0.3) is 0 Å². The lowest BCUT2D eigenvalue weighted by atomic mass is 10.2. The molecule has 0 fully saturated rings. The summed E-state index contributed by atoms with van der Waals surface area (Å²) in [4.78, 5) is 0. The van der Waals surface area contributed by atoms with Gasteiger partial charge in [0.1, 0.15) is 5.50 Å². The Morgan fingerprint density at radius 3 is 2.54 bits per heavy atom. The van der Waals surface area contributed by atoms with Crippen LogP contribution in [0.3, 0.4) is 0 Å². The zero-order valence-corrected chi connectivity index (χ0v) is 8.26. The molecular formula is C10H13ClFN. The van der Waals surface area contributed by atoms with E-state index in [1.54, 1.807) is 6.92 Å². The molecule has 72 valence electrons. The first-order valence-corrected chi connectivity index (χ1v) is 4.69. The summed E-state index contributed by atoms with van der Waals surface area (Å²) in [6.07, 6.45) is 0. The molecule has 0 saturated heterocycles. The van der Waals surface area contributed by atoms with Gasteiger partial charge < -0.3 is 5.32 Å². The molecule has 0 aliphatic heterocycles. The molecule has 0 spiro atoms. The summed E-state index contributed by atoms with van der Waals surface area (Å²) in [5.74, 6) is -0.179. The molecule has 3 heteroatoms. The predicted octanol–water partition coefficient (Wildman–Crippen LogP) is 3.27. The minimum atomic E-state index is -0.409. The van der Waals surface area contributed by atoms with Gasteiger partial charge in [0.2, 0.25) is 0 Å². The maximum atomic E-state index is 12.2. The van der Waals surface area contributed by atoms with Gasteiger partial charge in [-0.15, -0.1) is 0 Å². The van der Waals surface area contributed by atoms with Crippen molar-refractivity contribution < 1.29 is 4.39 Å². The first kappa shape index (κ1) is 10.3. The van der Waals surface area contributed by atoms with E-state index in [0.717, 1.165) is 5.69 Å². The molecule has 0 radical (unpaired) electrons. The molecule has 0 aliphatic carbocycles. The Morgan fingerprint density at radius 1 is 1.38 bits per heavy atom.